The van der Waals surface area contributed by atoms with Crippen LogP contribution in [-0.4, -0.2) is 38.7 Å². The fourth-order valence-corrected chi connectivity index (χ4v) is 1.92. The van der Waals surface area contributed by atoms with Gasteiger partial charge in [-0.1, -0.05) is 6.07 Å². The minimum absolute atomic E-state index is 0.0110. The summed E-state index contributed by atoms with van der Waals surface area (Å²) < 4.78 is 38.9. The van der Waals surface area contributed by atoms with E-state index in [1.807, 2.05) is 0 Å². The summed E-state index contributed by atoms with van der Waals surface area (Å²) in [7, 11) is 0. The van der Waals surface area contributed by atoms with E-state index in [4.69, 9.17) is 0 Å². The van der Waals surface area contributed by atoms with Gasteiger partial charge in [0.25, 0.3) is 11.6 Å². The van der Waals surface area contributed by atoms with Crippen molar-refractivity contribution in [1.29, 1.82) is 0 Å². The summed E-state index contributed by atoms with van der Waals surface area (Å²) >= 11 is 0. The SMILES string of the molecule is CC1=NN(C(=O)c2cccc(O)c2)[C@@](O)(C(F)(F)F)C1. The molecule has 1 aliphatic heterocycles. The van der Waals surface area contributed by atoms with Crippen molar-refractivity contribution in [1.82, 2.24) is 5.01 Å². The number of benzene rings is 1. The third-order valence-corrected chi connectivity index (χ3v) is 2.86. The first-order valence-corrected chi connectivity index (χ1v) is 5.62. The minimum atomic E-state index is -5.04. The quantitative estimate of drug-likeness (QED) is 0.828. The van der Waals surface area contributed by atoms with E-state index in [0.717, 1.165) is 6.07 Å². The van der Waals surface area contributed by atoms with Gasteiger partial charge in [0, 0.05) is 17.7 Å². The average Bonchev–Trinajstić information content (AvgIpc) is 2.64. The molecule has 8 heteroatoms. The predicted molar refractivity (Wildman–Crippen MR) is 63.0 cm³/mol. The molecule has 1 aromatic carbocycles. The molecule has 2 rings (SSSR count). The number of hydrogen-bond acceptors (Lipinski definition) is 4. The molecular weight excluding hydrogens is 277 g/mol. The van der Waals surface area contributed by atoms with E-state index in [1.165, 1.54) is 25.1 Å². The molecule has 1 atom stereocenters. The lowest BCUT2D eigenvalue weighted by atomic mass is 10.1. The Bertz CT molecular complexity index is 586. The number of hydrazone groups is 1. The number of carbonyl (C=O) groups excluding carboxylic acids is 1. The Kier molecular flexibility index (Phi) is 3.21. The minimum Gasteiger partial charge on any atom is -0.508 e. The maximum absolute atomic E-state index is 13.0. The lowest BCUT2D eigenvalue weighted by Crippen LogP contribution is -2.56. The van der Waals surface area contributed by atoms with Crippen LogP contribution in [0.1, 0.15) is 23.7 Å². The first kappa shape index (κ1) is 14.3. The Morgan fingerprint density at radius 3 is 2.65 bits per heavy atom. The first-order chi connectivity index (χ1) is 9.15. The van der Waals surface area contributed by atoms with Crippen LogP contribution in [-0.2, 0) is 0 Å². The molecule has 0 aromatic heterocycles. The smallest absolute Gasteiger partial charge is 0.438 e. The maximum Gasteiger partial charge on any atom is 0.438 e. The van der Waals surface area contributed by atoms with Crippen LogP contribution in [0.25, 0.3) is 0 Å². The molecule has 0 bridgehead atoms. The molecule has 108 valence electrons. The van der Waals surface area contributed by atoms with Crippen molar-refractivity contribution in [3.05, 3.63) is 29.8 Å². The van der Waals surface area contributed by atoms with Crippen molar-refractivity contribution in [2.24, 2.45) is 5.10 Å². The highest BCUT2D eigenvalue weighted by Crippen LogP contribution is 2.40. The van der Waals surface area contributed by atoms with Crippen molar-refractivity contribution < 1.29 is 28.2 Å². The van der Waals surface area contributed by atoms with E-state index in [0.29, 0.717) is 0 Å². The third kappa shape index (κ3) is 2.22. The van der Waals surface area contributed by atoms with Gasteiger partial charge in [-0.15, -0.1) is 0 Å². The number of aliphatic hydroxyl groups is 1. The summed E-state index contributed by atoms with van der Waals surface area (Å²) in [6, 6.07) is 4.80. The van der Waals surface area contributed by atoms with Gasteiger partial charge < -0.3 is 10.2 Å². The average molecular weight is 288 g/mol. The van der Waals surface area contributed by atoms with Crippen LogP contribution in [0.2, 0.25) is 0 Å². The van der Waals surface area contributed by atoms with Crippen LogP contribution in [0.5, 0.6) is 5.75 Å². The third-order valence-electron chi connectivity index (χ3n) is 2.86. The Morgan fingerprint density at radius 1 is 1.45 bits per heavy atom. The van der Waals surface area contributed by atoms with Crippen molar-refractivity contribution in [3.63, 3.8) is 0 Å². The lowest BCUT2D eigenvalue weighted by molar-refractivity contribution is -0.297. The molecular formula is C12H11F3N2O3. The number of phenolic OH excluding ortho intramolecular Hbond substituents is 1. The molecule has 1 amide bonds. The second-order valence-corrected chi connectivity index (χ2v) is 4.49. The molecule has 0 spiro atoms. The number of hydrogen-bond donors (Lipinski definition) is 2. The summed E-state index contributed by atoms with van der Waals surface area (Å²) in [5.41, 5.74) is -3.58. The molecule has 0 unspecified atom stereocenters. The summed E-state index contributed by atoms with van der Waals surface area (Å²) in [5, 5.41) is 22.5. The number of phenols is 1. The summed E-state index contributed by atoms with van der Waals surface area (Å²) in [6.07, 6.45) is -5.85. The van der Waals surface area contributed by atoms with Gasteiger partial charge >= 0.3 is 6.18 Å². The van der Waals surface area contributed by atoms with Crippen LogP contribution in [0.15, 0.2) is 29.4 Å². The second-order valence-electron chi connectivity index (χ2n) is 4.49. The molecule has 0 fully saturated rings. The van der Waals surface area contributed by atoms with Gasteiger partial charge in [-0.25, -0.2) is 0 Å². The molecule has 2 N–H and O–H groups in total. The standard InChI is InChI=1S/C12H11F3N2O3/c1-7-6-11(20,12(13,14)15)17(16-7)10(19)8-3-2-4-9(18)5-8/h2-5,18,20H,6H2,1H3/t11-/m0/s1. The molecule has 0 saturated heterocycles. The van der Waals surface area contributed by atoms with E-state index in [9.17, 15) is 28.2 Å². The van der Waals surface area contributed by atoms with E-state index in [1.54, 1.807) is 0 Å². The molecule has 0 saturated carbocycles. The number of alkyl halides is 3. The van der Waals surface area contributed by atoms with Crippen LogP contribution < -0.4 is 0 Å². The molecule has 0 radical (unpaired) electrons. The number of nitrogens with zero attached hydrogens (tertiary/aromatic N) is 2. The van der Waals surface area contributed by atoms with Crippen LogP contribution in [0.3, 0.4) is 0 Å². The molecule has 1 heterocycles. The van der Waals surface area contributed by atoms with Crippen LogP contribution in [0, 0.1) is 0 Å². The highest BCUT2D eigenvalue weighted by atomic mass is 19.4. The molecule has 20 heavy (non-hydrogen) atoms. The van der Waals surface area contributed by atoms with Crippen molar-refractivity contribution >= 4 is 11.6 Å². The van der Waals surface area contributed by atoms with Crippen molar-refractivity contribution in [2.75, 3.05) is 0 Å². The maximum atomic E-state index is 13.0. The topological polar surface area (TPSA) is 73.1 Å². The molecule has 1 aromatic rings. The fourth-order valence-electron chi connectivity index (χ4n) is 1.92. The normalized spacial score (nSPS) is 22.9. The Labute approximate surface area is 111 Å². The Morgan fingerprint density at radius 2 is 2.10 bits per heavy atom. The van der Waals surface area contributed by atoms with Gasteiger partial charge in [0.1, 0.15) is 5.75 Å². The largest absolute Gasteiger partial charge is 0.508 e. The molecule has 1 aliphatic rings. The second kappa shape index (κ2) is 4.48. The Balaban J connectivity index is 2.42. The molecule has 5 nitrogen and oxygen atoms in total. The first-order valence-electron chi connectivity index (χ1n) is 5.62. The van der Waals surface area contributed by atoms with Crippen molar-refractivity contribution in [2.45, 2.75) is 25.2 Å². The van der Waals surface area contributed by atoms with Gasteiger partial charge in [-0.3, -0.25) is 4.79 Å². The number of carbonyl (C=O) groups is 1. The zero-order chi connectivity index (χ0) is 15.1. The van der Waals surface area contributed by atoms with Crippen LogP contribution in [0.4, 0.5) is 13.2 Å². The molecule has 0 aliphatic carbocycles. The van der Waals surface area contributed by atoms with Crippen molar-refractivity contribution in [3.8, 4) is 5.75 Å². The van der Waals surface area contributed by atoms with E-state index in [-0.39, 0.29) is 22.0 Å². The lowest BCUT2D eigenvalue weighted by Gasteiger charge is -2.32. The summed E-state index contributed by atoms with van der Waals surface area (Å²) in [4.78, 5) is 12.1. The number of rotatable bonds is 1. The zero-order valence-electron chi connectivity index (χ0n) is 10.3. The summed E-state index contributed by atoms with van der Waals surface area (Å²) in [6.45, 7) is 1.28. The van der Waals surface area contributed by atoms with E-state index < -0.39 is 24.2 Å². The van der Waals surface area contributed by atoms with Gasteiger partial charge in [-0.2, -0.15) is 23.3 Å². The monoisotopic (exact) mass is 288 g/mol. The number of amides is 1. The van der Waals surface area contributed by atoms with Gasteiger partial charge in [-0.05, 0) is 25.1 Å². The number of aromatic hydroxyl groups is 1. The van der Waals surface area contributed by atoms with Gasteiger partial charge in [0.2, 0.25) is 0 Å². The van der Waals surface area contributed by atoms with E-state index >= 15 is 0 Å². The van der Waals surface area contributed by atoms with E-state index in [2.05, 4.69) is 5.10 Å². The summed E-state index contributed by atoms with van der Waals surface area (Å²) in [5.74, 6) is -1.41. The van der Waals surface area contributed by atoms with Gasteiger partial charge in [0.15, 0.2) is 0 Å². The van der Waals surface area contributed by atoms with Gasteiger partial charge in [0.05, 0.1) is 0 Å². The predicted octanol–water partition coefficient (Wildman–Crippen LogP) is 1.86. The fraction of sp³-hybridized carbons (Fsp3) is 0.333. The highest BCUT2D eigenvalue weighted by Gasteiger charge is 2.62. The van der Waals surface area contributed by atoms with Crippen LogP contribution >= 0.6 is 0 Å². The number of halogens is 3. The highest BCUT2D eigenvalue weighted by molar-refractivity contribution is 5.98. The zero-order valence-corrected chi connectivity index (χ0v) is 10.3. The Hall–Kier alpha value is -2.09.